The summed E-state index contributed by atoms with van der Waals surface area (Å²) in [6.07, 6.45) is -0.0155. The fourth-order valence-electron chi connectivity index (χ4n) is 1.53. The van der Waals surface area contributed by atoms with Crippen molar-refractivity contribution in [2.24, 2.45) is 5.84 Å². The predicted octanol–water partition coefficient (Wildman–Crippen LogP) is 0.415. The average Bonchev–Trinajstić information content (AvgIpc) is 2.43. The van der Waals surface area contributed by atoms with Gasteiger partial charge < -0.3 is 5.43 Å². The van der Waals surface area contributed by atoms with E-state index in [1.54, 1.807) is 0 Å². The van der Waals surface area contributed by atoms with E-state index < -0.39 is 25.5 Å². The van der Waals surface area contributed by atoms with Crippen molar-refractivity contribution in [1.29, 1.82) is 5.26 Å². The molecule has 10 heteroatoms. The number of para-hydroxylation sites is 1. The number of nitro groups is 1. The Morgan fingerprint density at radius 2 is 2.20 bits per heavy atom. The van der Waals surface area contributed by atoms with Crippen LogP contribution in [0.5, 0.6) is 0 Å². The first-order valence-electron chi connectivity index (χ1n) is 5.43. The van der Waals surface area contributed by atoms with Gasteiger partial charge in [-0.15, -0.1) is 0 Å². The Balaban J connectivity index is 3.39. The molecule has 0 saturated carbocycles. The molecule has 0 spiro atoms. The predicted molar refractivity (Wildman–Crippen MR) is 71.0 cm³/mol. The number of benzene rings is 1. The number of nitro benzene ring substituents is 1. The SMILES string of the molecule is CN(CCC#N)S(=O)(=O)c1cccc(NN)c1[N+](=O)[O-]. The summed E-state index contributed by atoms with van der Waals surface area (Å²) in [7, 11) is -2.83. The molecule has 1 aromatic rings. The molecule has 9 nitrogen and oxygen atoms in total. The van der Waals surface area contributed by atoms with Crippen LogP contribution in [0, 0.1) is 21.4 Å². The lowest BCUT2D eigenvalue weighted by Crippen LogP contribution is -2.28. The molecule has 108 valence electrons. The first-order valence-corrected chi connectivity index (χ1v) is 6.87. The fourth-order valence-corrected chi connectivity index (χ4v) is 2.88. The van der Waals surface area contributed by atoms with Crippen molar-refractivity contribution >= 4 is 21.4 Å². The van der Waals surface area contributed by atoms with E-state index in [2.05, 4.69) is 5.43 Å². The molecular formula is C10H13N5O4S. The third-order valence-electron chi connectivity index (χ3n) is 2.56. The summed E-state index contributed by atoms with van der Waals surface area (Å²) >= 11 is 0. The van der Waals surface area contributed by atoms with Crippen molar-refractivity contribution in [2.45, 2.75) is 11.3 Å². The lowest BCUT2D eigenvalue weighted by Gasteiger charge is -2.16. The molecule has 20 heavy (non-hydrogen) atoms. The summed E-state index contributed by atoms with van der Waals surface area (Å²) in [5.74, 6) is 5.15. The first-order chi connectivity index (χ1) is 9.36. The van der Waals surface area contributed by atoms with Crippen LogP contribution >= 0.6 is 0 Å². The molecule has 0 bridgehead atoms. The molecule has 0 saturated heterocycles. The molecule has 0 aliphatic carbocycles. The average molecular weight is 299 g/mol. The summed E-state index contributed by atoms with van der Waals surface area (Å²) in [6.45, 7) is -0.0593. The molecule has 0 aromatic heterocycles. The van der Waals surface area contributed by atoms with Gasteiger partial charge in [-0.2, -0.15) is 9.57 Å². The molecule has 0 unspecified atom stereocenters. The summed E-state index contributed by atoms with van der Waals surface area (Å²) in [6, 6.07) is 5.57. The van der Waals surface area contributed by atoms with Crippen molar-refractivity contribution in [3.05, 3.63) is 28.3 Å². The number of hydrogen-bond acceptors (Lipinski definition) is 7. The lowest BCUT2D eigenvalue weighted by atomic mass is 10.3. The highest BCUT2D eigenvalue weighted by molar-refractivity contribution is 7.89. The van der Waals surface area contributed by atoms with E-state index in [0.717, 1.165) is 10.4 Å². The van der Waals surface area contributed by atoms with Crippen LogP contribution < -0.4 is 11.3 Å². The molecule has 0 amide bonds. The zero-order chi connectivity index (χ0) is 15.3. The Morgan fingerprint density at radius 3 is 2.70 bits per heavy atom. The van der Waals surface area contributed by atoms with Crippen molar-refractivity contribution < 1.29 is 13.3 Å². The number of nitrogen functional groups attached to an aromatic ring is 1. The quantitative estimate of drug-likeness (QED) is 0.440. The van der Waals surface area contributed by atoms with E-state index in [0.29, 0.717) is 0 Å². The number of hydrogen-bond donors (Lipinski definition) is 2. The van der Waals surface area contributed by atoms with Crippen LogP contribution in [0.15, 0.2) is 23.1 Å². The van der Waals surface area contributed by atoms with Crippen LogP contribution in [-0.4, -0.2) is 31.2 Å². The Hall–Kier alpha value is -2.22. The summed E-state index contributed by atoms with van der Waals surface area (Å²) in [4.78, 5) is 9.77. The van der Waals surface area contributed by atoms with Gasteiger partial charge in [-0.25, -0.2) is 8.42 Å². The van der Waals surface area contributed by atoms with E-state index in [-0.39, 0.29) is 18.7 Å². The van der Waals surface area contributed by atoms with Crippen molar-refractivity contribution in [1.82, 2.24) is 4.31 Å². The third-order valence-corrected chi connectivity index (χ3v) is 4.45. The normalized spacial score (nSPS) is 11.1. The second-order valence-corrected chi connectivity index (χ2v) is 5.80. The van der Waals surface area contributed by atoms with Crippen LogP contribution in [0.2, 0.25) is 0 Å². The number of sulfonamides is 1. The Kier molecular flexibility index (Phi) is 4.98. The van der Waals surface area contributed by atoms with E-state index >= 15 is 0 Å². The molecule has 1 aromatic carbocycles. The number of hydrazine groups is 1. The number of rotatable bonds is 6. The van der Waals surface area contributed by atoms with Gasteiger partial charge in [0.15, 0.2) is 4.90 Å². The van der Waals surface area contributed by atoms with Crippen LogP contribution in [0.4, 0.5) is 11.4 Å². The molecular weight excluding hydrogens is 286 g/mol. The van der Waals surface area contributed by atoms with Gasteiger partial charge in [-0.1, -0.05) is 6.07 Å². The van der Waals surface area contributed by atoms with E-state index in [9.17, 15) is 18.5 Å². The number of nitriles is 1. The maximum atomic E-state index is 12.3. The number of nitrogens with one attached hydrogen (secondary N) is 1. The van der Waals surface area contributed by atoms with Crippen LogP contribution in [0.3, 0.4) is 0 Å². The minimum absolute atomic E-state index is 0.0155. The van der Waals surface area contributed by atoms with Gasteiger partial charge in [-0.3, -0.25) is 16.0 Å². The molecule has 0 fully saturated rings. The minimum atomic E-state index is -4.07. The van der Waals surface area contributed by atoms with Crippen molar-refractivity contribution in [3.63, 3.8) is 0 Å². The lowest BCUT2D eigenvalue weighted by molar-refractivity contribution is -0.386. The molecule has 0 heterocycles. The van der Waals surface area contributed by atoms with Crippen LogP contribution in [-0.2, 0) is 10.0 Å². The highest BCUT2D eigenvalue weighted by atomic mass is 32.2. The van der Waals surface area contributed by atoms with E-state index in [1.807, 2.05) is 6.07 Å². The van der Waals surface area contributed by atoms with E-state index in [4.69, 9.17) is 11.1 Å². The molecule has 1 rings (SSSR count). The smallest absolute Gasteiger partial charge is 0.313 e. The highest BCUT2D eigenvalue weighted by Crippen LogP contribution is 2.32. The number of nitrogens with two attached hydrogens (primary N) is 1. The number of anilines is 1. The maximum absolute atomic E-state index is 12.3. The third kappa shape index (κ3) is 3.02. The van der Waals surface area contributed by atoms with Gasteiger partial charge in [0.1, 0.15) is 5.69 Å². The Morgan fingerprint density at radius 1 is 1.55 bits per heavy atom. The first kappa shape index (κ1) is 15.8. The second-order valence-electron chi connectivity index (χ2n) is 3.79. The zero-order valence-electron chi connectivity index (χ0n) is 10.6. The van der Waals surface area contributed by atoms with Crippen LogP contribution in [0.1, 0.15) is 6.42 Å². The van der Waals surface area contributed by atoms with Gasteiger partial charge in [0.05, 0.1) is 11.0 Å². The monoisotopic (exact) mass is 299 g/mol. The second kappa shape index (κ2) is 6.29. The van der Waals surface area contributed by atoms with Crippen molar-refractivity contribution in [2.75, 3.05) is 19.0 Å². The molecule has 0 radical (unpaired) electrons. The fraction of sp³-hybridized carbons (Fsp3) is 0.300. The standard InChI is InChI=1S/C10H13N5O4S/c1-14(7-3-6-11)20(18,19)9-5-2-4-8(13-12)10(9)15(16)17/h2,4-5,13H,3,7,12H2,1H3. The van der Waals surface area contributed by atoms with Crippen molar-refractivity contribution in [3.8, 4) is 6.07 Å². The molecule has 0 aliphatic heterocycles. The maximum Gasteiger partial charge on any atom is 0.313 e. The van der Waals surface area contributed by atoms with Gasteiger partial charge in [0.25, 0.3) is 0 Å². The van der Waals surface area contributed by atoms with Gasteiger partial charge >= 0.3 is 5.69 Å². The van der Waals surface area contributed by atoms with Gasteiger partial charge in [-0.05, 0) is 12.1 Å². The molecule has 0 aliphatic rings. The van der Waals surface area contributed by atoms with Crippen LogP contribution in [0.25, 0.3) is 0 Å². The highest BCUT2D eigenvalue weighted by Gasteiger charge is 2.31. The largest absolute Gasteiger partial charge is 0.318 e. The summed E-state index contributed by atoms with van der Waals surface area (Å²) in [5.41, 5.74) is 1.36. The Labute approximate surface area is 115 Å². The zero-order valence-corrected chi connectivity index (χ0v) is 11.4. The minimum Gasteiger partial charge on any atom is -0.318 e. The summed E-state index contributed by atoms with van der Waals surface area (Å²) in [5, 5.41) is 19.5. The topological polar surface area (TPSA) is 142 Å². The van der Waals surface area contributed by atoms with Gasteiger partial charge in [0, 0.05) is 20.0 Å². The summed E-state index contributed by atoms with van der Waals surface area (Å²) < 4.78 is 25.4. The van der Waals surface area contributed by atoms with E-state index in [1.165, 1.54) is 19.2 Å². The molecule has 0 atom stereocenters. The van der Waals surface area contributed by atoms with Gasteiger partial charge in [0.2, 0.25) is 10.0 Å². The Bertz CT molecular complexity index is 652. The number of nitrogens with zero attached hydrogens (tertiary/aromatic N) is 3. The molecule has 3 N–H and O–H groups in total.